The van der Waals surface area contributed by atoms with E-state index in [-0.39, 0.29) is 5.75 Å². The number of halogens is 1. The Morgan fingerprint density at radius 3 is 2.36 bits per heavy atom. The van der Waals surface area contributed by atoms with Gasteiger partial charge in [0.15, 0.2) is 0 Å². The first kappa shape index (κ1) is 8.21. The van der Waals surface area contributed by atoms with Gasteiger partial charge >= 0.3 is 0 Å². The largest absolute Gasteiger partial charge is 0.506 e. The second-order valence-corrected chi connectivity index (χ2v) is 2.91. The van der Waals surface area contributed by atoms with Crippen LogP contribution >= 0.6 is 11.6 Å². The van der Waals surface area contributed by atoms with E-state index in [9.17, 15) is 5.11 Å². The maximum absolute atomic E-state index is 9.34. The lowest BCUT2D eigenvalue weighted by molar-refractivity contribution is 0.476. The number of phenolic OH excluding ortho intramolecular Hbond substituents is 1. The van der Waals surface area contributed by atoms with Crippen LogP contribution in [0.3, 0.4) is 0 Å². The molecule has 0 aliphatic carbocycles. The summed E-state index contributed by atoms with van der Waals surface area (Å²) in [5, 5.41) is 9.90. The number of hydrogen-bond acceptors (Lipinski definition) is 2. The zero-order valence-electron chi connectivity index (χ0n) is 6.50. The van der Waals surface area contributed by atoms with Crippen LogP contribution in [-0.2, 0) is 0 Å². The van der Waals surface area contributed by atoms with Crippen LogP contribution in [0.1, 0.15) is 0 Å². The van der Waals surface area contributed by atoms with Gasteiger partial charge in [0.1, 0.15) is 5.75 Å². The molecule has 0 atom stereocenters. The third kappa shape index (κ3) is 1.57. The van der Waals surface area contributed by atoms with E-state index in [4.69, 9.17) is 11.6 Å². The molecule has 0 saturated heterocycles. The maximum atomic E-state index is 9.34. The van der Waals surface area contributed by atoms with Crippen molar-refractivity contribution in [3.05, 3.63) is 23.2 Å². The highest BCUT2D eigenvalue weighted by Gasteiger charge is 2.06. The first-order chi connectivity index (χ1) is 5.13. The lowest BCUT2D eigenvalue weighted by Gasteiger charge is -2.15. The first-order valence-corrected chi connectivity index (χ1v) is 3.65. The van der Waals surface area contributed by atoms with Gasteiger partial charge < -0.3 is 10.0 Å². The number of hydrogen-bond donors (Lipinski definition) is 1. The summed E-state index contributed by atoms with van der Waals surface area (Å²) < 4.78 is 0. The smallest absolute Gasteiger partial charge is 0.140 e. The summed E-state index contributed by atoms with van der Waals surface area (Å²) in [5.74, 6) is 0.211. The van der Waals surface area contributed by atoms with Crippen molar-refractivity contribution in [3.63, 3.8) is 0 Å². The van der Waals surface area contributed by atoms with Gasteiger partial charge in [-0.3, -0.25) is 0 Å². The van der Waals surface area contributed by atoms with Gasteiger partial charge in [-0.2, -0.15) is 0 Å². The molecule has 0 amide bonds. The average Bonchev–Trinajstić information content (AvgIpc) is 1.85. The molecule has 0 unspecified atom stereocenters. The van der Waals surface area contributed by atoms with Crippen molar-refractivity contribution in [2.45, 2.75) is 0 Å². The number of benzene rings is 1. The summed E-state index contributed by atoms with van der Waals surface area (Å²) in [4.78, 5) is 1.78. The van der Waals surface area contributed by atoms with Crippen LogP contribution in [-0.4, -0.2) is 19.2 Å². The summed E-state index contributed by atoms with van der Waals surface area (Å²) in [7, 11) is 3.67. The molecule has 0 radical (unpaired) electrons. The summed E-state index contributed by atoms with van der Waals surface area (Å²) in [6.07, 6.45) is 0. The van der Waals surface area contributed by atoms with Crippen molar-refractivity contribution < 1.29 is 5.11 Å². The molecule has 0 aliphatic rings. The van der Waals surface area contributed by atoms with Crippen molar-refractivity contribution in [2.75, 3.05) is 19.0 Å². The molecule has 0 saturated carbocycles. The monoisotopic (exact) mass is 171 g/mol. The van der Waals surface area contributed by atoms with E-state index in [0.29, 0.717) is 10.7 Å². The summed E-state index contributed by atoms with van der Waals surface area (Å²) in [6.45, 7) is 0. The predicted molar refractivity (Wildman–Crippen MR) is 47.4 cm³/mol. The zero-order chi connectivity index (χ0) is 8.43. The van der Waals surface area contributed by atoms with E-state index in [1.54, 1.807) is 23.1 Å². The molecule has 0 aliphatic heterocycles. The van der Waals surface area contributed by atoms with Gasteiger partial charge in [0.25, 0.3) is 0 Å². The highest BCUT2D eigenvalue weighted by atomic mass is 35.5. The van der Waals surface area contributed by atoms with Crippen molar-refractivity contribution in [2.24, 2.45) is 0 Å². The molecule has 1 N–H and O–H groups in total. The quantitative estimate of drug-likeness (QED) is 0.700. The number of para-hydroxylation sites is 1. The Bertz CT molecular complexity index is 240. The molecule has 1 aromatic carbocycles. The standard InChI is InChI=1S/C8H10ClNO/c1-10(2)8-6(9)4-3-5-7(8)11/h3-5,11H,1-2H3. The van der Waals surface area contributed by atoms with Crippen molar-refractivity contribution in [1.29, 1.82) is 0 Å². The molecule has 1 rings (SSSR count). The number of anilines is 1. The van der Waals surface area contributed by atoms with E-state index in [0.717, 1.165) is 0 Å². The average molecular weight is 172 g/mol. The molecule has 0 spiro atoms. The lowest BCUT2D eigenvalue weighted by atomic mass is 10.3. The van der Waals surface area contributed by atoms with Gasteiger partial charge in [0.05, 0.1) is 10.7 Å². The number of rotatable bonds is 1. The molecule has 0 fully saturated rings. The molecule has 1 aromatic rings. The Hall–Kier alpha value is -0.890. The van der Waals surface area contributed by atoms with Crippen LogP contribution in [0, 0.1) is 0 Å². The second-order valence-electron chi connectivity index (χ2n) is 2.50. The third-order valence-electron chi connectivity index (χ3n) is 1.41. The van der Waals surface area contributed by atoms with E-state index < -0.39 is 0 Å². The highest BCUT2D eigenvalue weighted by molar-refractivity contribution is 6.33. The van der Waals surface area contributed by atoms with Crippen molar-refractivity contribution in [1.82, 2.24) is 0 Å². The first-order valence-electron chi connectivity index (χ1n) is 3.27. The van der Waals surface area contributed by atoms with Crippen LogP contribution in [0.2, 0.25) is 5.02 Å². The molecule has 11 heavy (non-hydrogen) atoms. The van der Waals surface area contributed by atoms with Crippen LogP contribution < -0.4 is 4.90 Å². The van der Waals surface area contributed by atoms with Gasteiger partial charge in [0.2, 0.25) is 0 Å². The number of nitrogens with zero attached hydrogens (tertiary/aromatic N) is 1. The fourth-order valence-corrected chi connectivity index (χ4v) is 1.29. The Balaban J connectivity index is 3.21. The minimum Gasteiger partial charge on any atom is -0.506 e. The van der Waals surface area contributed by atoms with Crippen LogP contribution in [0.15, 0.2) is 18.2 Å². The van der Waals surface area contributed by atoms with Gasteiger partial charge in [-0.05, 0) is 12.1 Å². The van der Waals surface area contributed by atoms with Crippen LogP contribution in [0.25, 0.3) is 0 Å². The maximum Gasteiger partial charge on any atom is 0.140 e. The lowest BCUT2D eigenvalue weighted by Crippen LogP contribution is -2.09. The Labute approximate surface area is 71.0 Å². The van der Waals surface area contributed by atoms with Gasteiger partial charge in [-0.25, -0.2) is 0 Å². The number of phenols is 1. The molecule has 0 heterocycles. The van der Waals surface area contributed by atoms with Crippen molar-refractivity contribution >= 4 is 17.3 Å². The third-order valence-corrected chi connectivity index (χ3v) is 1.72. The SMILES string of the molecule is CN(C)c1c(O)cccc1Cl. The fourth-order valence-electron chi connectivity index (χ4n) is 0.947. The van der Waals surface area contributed by atoms with E-state index >= 15 is 0 Å². The summed E-state index contributed by atoms with van der Waals surface area (Å²) >= 11 is 5.82. The second kappa shape index (κ2) is 3.01. The minimum absolute atomic E-state index is 0.211. The molecular formula is C8H10ClNO. The van der Waals surface area contributed by atoms with Gasteiger partial charge in [-0.15, -0.1) is 0 Å². The van der Waals surface area contributed by atoms with E-state index in [1.807, 2.05) is 14.1 Å². The molecule has 0 bridgehead atoms. The van der Waals surface area contributed by atoms with E-state index in [1.165, 1.54) is 0 Å². The van der Waals surface area contributed by atoms with E-state index in [2.05, 4.69) is 0 Å². The number of aromatic hydroxyl groups is 1. The minimum atomic E-state index is 0.211. The van der Waals surface area contributed by atoms with Crippen LogP contribution in [0.5, 0.6) is 5.75 Å². The Morgan fingerprint density at radius 2 is 2.00 bits per heavy atom. The topological polar surface area (TPSA) is 23.5 Å². The summed E-state index contributed by atoms with van der Waals surface area (Å²) in [6, 6.07) is 5.07. The molecule has 60 valence electrons. The Kier molecular flexibility index (Phi) is 2.25. The Morgan fingerprint density at radius 1 is 1.36 bits per heavy atom. The molecule has 0 aromatic heterocycles. The summed E-state index contributed by atoms with van der Waals surface area (Å²) in [5.41, 5.74) is 0.661. The fraction of sp³-hybridized carbons (Fsp3) is 0.250. The normalized spacial score (nSPS) is 9.73. The zero-order valence-corrected chi connectivity index (χ0v) is 7.26. The highest BCUT2D eigenvalue weighted by Crippen LogP contribution is 2.32. The predicted octanol–water partition coefficient (Wildman–Crippen LogP) is 2.11. The van der Waals surface area contributed by atoms with Crippen molar-refractivity contribution in [3.8, 4) is 5.75 Å². The molecular weight excluding hydrogens is 162 g/mol. The molecule has 3 heteroatoms. The van der Waals surface area contributed by atoms with Gasteiger partial charge in [0, 0.05) is 14.1 Å². The van der Waals surface area contributed by atoms with Gasteiger partial charge in [-0.1, -0.05) is 17.7 Å². The molecule has 2 nitrogen and oxygen atoms in total. The van der Waals surface area contributed by atoms with Crippen LogP contribution in [0.4, 0.5) is 5.69 Å².